The molecule has 0 unspecified atom stereocenters. The molecule has 0 amide bonds. The van der Waals surface area contributed by atoms with E-state index in [4.69, 9.17) is 9.47 Å². The van der Waals surface area contributed by atoms with Gasteiger partial charge in [-0.25, -0.2) is 4.98 Å². The van der Waals surface area contributed by atoms with Crippen molar-refractivity contribution in [1.29, 1.82) is 0 Å². The number of ketones is 1. The fraction of sp³-hybridized carbons (Fsp3) is 0.625. The second kappa shape index (κ2) is 9.55. The number of ether oxygens (including phenoxy) is 2. The number of carbonyl (C=O) groups excluding carboxylic acids is 2. The Bertz CT molecular complexity index is 937. The fourth-order valence-electron chi connectivity index (χ4n) is 4.71. The number of aromatic nitrogens is 1. The van der Waals surface area contributed by atoms with Crippen molar-refractivity contribution >= 4 is 29.2 Å². The molecule has 0 aromatic carbocycles. The predicted octanol–water partition coefficient (Wildman–Crippen LogP) is 2.98. The second-order valence-corrected chi connectivity index (χ2v) is 10.2. The number of carbonyl (C=O) groups is 2. The summed E-state index contributed by atoms with van der Waals surface area (Å²) in [5, 5.41) is 24.1. The standard InChI is InChI=1S/C24H31NO6S/c1-12(7-16-11-32-14(3)25-16)20-10-21-19(30-21)6-4-5-15-8-17(18(26)9-22(27)31-20)24(29)13(2)23(15)28/h7-8,11,13,15,18-21,23,26,28H,4-6,9-10H2,1-3H3/b12-7+/t13-,15-,18+,19-,20+,21+,23-/m1/s1. The van der Waals surface area contributed by atoms with Crippen molar-refractivity contribution < 1.29 is 29.3 Å². The number of thiazole rings is 1. The number of esters is 1. The number of cyclic esters (lactones) is 1. The quantitative estimate of drug-likeness (QED) is 0.515. The maximum Gasteiger partial charge on any atom is 0.309 e. The van der Waals surface area contributed by atoms with Crippen LogP contribution >= 0.6 is 11.3 Å². The molecular formula is C24H31NO6S. The molecule has 1 fully saturated rings. The van der Waals surface area contributed by atoms with Crippen LogP contribution in [0.3, 0.4) is 0 Å². The van der Waals surface area contributed by atoms with E-state index in [1.807, 2.05) is 25.3 Å². The molecule has 2 N–H and O–H groups in total. The van der Waals surface area contributed by atoms with Gasteiger partial charge >= 0.3 is 5.97 Å². The Hall–Kier alpha value is -1.87. The minimum absolute atomic E-state index is 0.0177. The molecule has 2 aliphatic heterocycles. The summed E-state index contributed by atoms with van der Waals surface area (Å²) in [6, 6.07) is 0. The van der Waals surface area contributed by atoms with E-state index in [9.17, 15) is 19.8 Å². The maximum atomic E-state index is 12.7. The van der Waals surface area contributed by atoms with Crippen molar-refractivity contribution in [3.8, 4) is 0 Å². The van der Waals surface area contributed by atoms with E-state index in [0.29, 0.717) is 12.8 Å². The van der Waals surface area contributed by atoms with Gasteiger partial charge in [-0.05, 0) is 38.3 Å². The van der Waals surface area contributed by atoms with E-state index in [1.165, 1.54) is 0 Å². The van der Waals surface area contributed by atoms with Crippen LogP contribution in [-0.4, -0.2) is 57.5 Å². The topological polar surface area (TPSA) is 109 Å². The number of aliphatic hydroxyl groups is 2. The number of Topliss-reactive ketones (excluding diaryl/α,β-unsaturated/α-hetero) is 1. The highest BCUT2D eigenvalue weighted by Crippen LogP contribution is 2.37. The van der Waals surface area contributed by atoms with Crippen molar-refractivity contribution in [2.45, 2.75) is 83.4 Å². The largest absolute Gasteiger partial charge is 0.458 e. The van der Waals surface area contributed by atoms with Crippen molar-refractivity contribution in [1.82, 2.24) is 4.98 Å². The third kappa shape index (κ3) is 5.20. The zero-order chi connectivity index (χ0) is 23.0. The summed E-state index contributed by atoms with van der Waals surface area (Å²) in [6.45, 7) is 5.52. The Kier molecular flexibility index (Phi) is 6.95. The van der Waals surface area contributed by atoms with Gasteiger partial charge in [0.1, 0.15) is 6.10 Å². The Morgan fingerprint density at radius 2 is 2.03 bits per heavy atom. The Labute approximate surface area is 192 Å². The molecule has 1 aliphatic carbocycles. The fourth-order valence-corrected chi connectivity index (χ4v) is 5.28. The first-order chi connectivity index (χ1) is 15.2. The highest BCUT2D eigenvalue weighted by Gasteiger charge is 2.43. The first-order valence-electron chi connectivity index (χ1n) is 11.3. The molecule has 3 heterocycles. The lowest BCUT2D eigenvalue weighted by molar-refractivity contribution is -0.149. The van der Waals surface area contributed by atoms with Crippen LogP contribution in [0.5, 0.6) is 0 Å². The SMILES string of the molecule is C/C(=C\c1csc(C)n1)[C@@H]1C[C@@H]2O[C@@H]2CCC[C@@H]2C=C(C(=O)[C@H](C)[C@H]2O)[C@@H](O)CC(=O)O1. The number of fused-ring (bicyclic) bond motifs is 2. The minimum atomic E-state index is -1.24. The summed E-state index contributed by atoms with van der Waals surface area (Å²) in [7, 11) is 0. The molecule has 0 saturated carbocycles. The molecule has 174 valence electrons. The van der Waals surface area contributed by atoms with E-state index in [0.717, 1.165) is 29.1 Å². The smallest absolute Gasteiger partial charge is 0.309 e. The van der Waals surface area contributed by atoms with Crippen molar-refractivity contribution in [3.05, 3.63) is 33.3 Å². The van der Waals surface area contributed by atoms with Crippen LogP contribution in [-0.2, 0) is 19.1 Å². The minimum Gasteiger partial charge on any atom is -0.458 e. The van der Waals surface area contributed by atoms with Crippen LogP contribution in [0.1, 0.15) is 56.7 Å². The highest BCUT2D eigenvalue weighted by molar-refractivity contribution is 7.09. The van der Waals surface area contributed by atoms with Crippen LogP contribution in [0.4, 0.5) is 0 Å². The van der Waals surface area contributed by atoms with Gasteiger partial charge in [0.05, 0.1) is 41.5 Å². The van der Waals surface area contributed by atoms with E-state index in [1.54, 1.807) is 24.3 Å². The zero-order valence-electron chi connectivity index (χ0n) is 18.7. The van der Waals surface area contributed by atoms with Gasteiger partial charge in [0, 0.05) is 29.2 Å². The van der Waals surface area contributed by atoms with Crippen LogP contribution < -0.4 is 0 Å². The lowest BCUT2D eigenvalue weighted by Crippen LogP contribution is -2.40. The molecule has 7 nitrogen and oxygen atoms in total. The lowest BCUT2D eigenvalue weighted by atomic mass is 9.76. The number of aryl methyl sites for hydroxylation is 1. The molecule has 32 heavy (non-hydrogen) atoms. The second-order valence-electron chi connectivity index (χ2n) is 9.19. The van der Waals surface area contributed by atoms with Crippen molar-refractivity contribution in [2.24, 2.45) is 11.8 Å². The maximum absolute atomic E-state index is 12.7. The summed E-state index contributed by atoms with van der Waals surface area (Å²) < 4.78 is 11.6. The molecule has 1 aromatic rings. The van der Waals surface area contributed by atoms with Crippen LogP contribution in [0, 0.1) is 18.8 Å². The van der Waals surface area contributed by atoms with Gasteiger partial charge in [0.2, 0.25) is 0 Å². The summed E-state index contributed by atoms with van der Waals surface area (Å²) in [5.41, 5.74) is 1.90. The average Bonchev–Trinajstić information content (AvgIpc) is 3.35. The first-order valence-corrected chi connectivity index (χ1v) is 12.2. The van der Waals surface area contributed by atoms with Gasteiger partial charge in [-0.1, -0.05) is 19.4 Å². The van der Waals surface area contributed by atoms with Gasteiger partial charge in [-0.2, -0.15) is 0 Å². The molecule has 8 heteroatoms. The number of hydrogen-bond acceptors (Lipinski definition) is 8. The van der Waals surface area contributed by atoms with E-state index >= 15 is 0 Å². The molecule has 0 spiro atoms. The van der Waals surface area contributed by atoms with Crippen LogP contribution in [0.2, 0.25) is 0 Å². The zero-order valence-corrected chi connectivity index (χ0v) is 19.5. The average molecular weight is 462 g/mol. The van der Waals surface area contributed by atoms with E-state index in [-0.39, 0.29) is 35.9 Å². The van der Waals surface area contributed by atoms with Crippen molar-refractivity contribution in [3.63, 3.8) is 0 Å². The van der Waals surface area contributed by atoms with E-state index < -0.39 is 30.2 Å². The third-order valence-electron chi connectivity index (χ3n) is 6.72. The molecule has 1 aromatic heterocycles. The highest BCUT2D eigenvalue weighted by atomic mass is 32.1. The molecule has 4 rings (SSSR count). The molecule has 1 saturated heterocycles. The van der Waals surface area contributed by atoms with Crippen LogP contribution in [0.15, 0.2) is 22.6 Å². The molecule has 3 aliphatic rings. The summed E-state index contributed by atoms with van der Waals surface area (Å²) in [4.78, 5) is 29.8. The van der Waals surface area contributed by atoms with Crippen LogP contribution in [0.25, 0.3) is 6.08 Å². The van der Waals surface area contributed by atoms with E-state index in [2.05, 4.69) is 4.98 Å². The number of epoxide rings is 1. The Morgan fingerprint density at radius 3 is 2.75 bits per heavy atom. The lowest BCUT2D eigenvalue weighted by Gasteiger charge is -2.32. The molecule has 0 radical (unpaired) electrons. The van der Waals surface area contributed by atoms with Gasteiger partial charge in [0.25, 0.3) is 0 Å². The summed E-state index contributed by atoms with van der Waals surface area (Å²) in [6.07, 6.45) is 3.84. The normalized spacial score (nSPS) is 36.6. The Morgan fingerprint density at radius 1 is 1.25 bits per heavy atom. The molecular weight excluding hydrogens is 430 g/mol. The summed E-state index contributed by atoms with van der Waals surface area (Å²) >= 11 is 1.56. The number of nitrogens with zero attached hydrogens (tertiary/aromatic N) is 1. The van der Waals surface area contributed by atoms with Gasteiger partial charge in [-0.15, -0.1) is 11.3 Å². The first kappa shape index (κ1) is 23.3. The summed E-state index contributed by atoms with van der Waals surface area (Å²) in [5.74, 6) is -1.70. The van der Waals surface area contributed by atoms with Gasteiger partial charge in [0.15, 0.2) is 5.78 Å². The third-order valence-corrected chi connectivity index (χ3v) is 7.51. The number of hydrogen-bond donors (Lipinski definition) is 2. The van der Waals surface area contributed by atoms with Crippen molar-refractivity contribution in [2.75, 3.05) is 0 Å². The van der Waals surface area contributed by atoms with Gasteiger partial charge < -0.3 is 19.7 Å². The van der Waals surface area contributed by atoms with Gasteiger partial charge in [-0.3, -0.25) is 9.59 Å². The monoisotopic (exact) mass is 461 g/mol. The predicted molar refractivity (Wildman–Crippen MR) is 120 cm³/mol. The Balaban J connectivity index is 1.55. The molecule has 2 bridgehead atoms. The number of rotatable bonds is 2. The number of aliphatic hydroxyl groups excluding tert-OH is 2. The molecule has 7 atom stereocenters.